The summed E-state index contributed by atoms with van der Waals surface area (Å²) >= 11 is 0. The van der Waals surface area contributed by atoms with Gasteiger partial charge < -0.3 is 4.74 Å². The summed E-state index contributed by atoms with van der Waals surface area (Å²) in [5, 5.41) is 15.0. The molecule has 7 nitrogen and oxygen atoms in total. The van der Waals surface area contributed by atoms with Crippen molar-refractivity contribution in [2.45, 2.75) is 6.92 Å². The maximum Gasteiger partial charge on any atom is 0.314 e. The van der Waals surface area contributed by atoms with Crippen LogP contribution in [0.5, 0.6) is 5.88 Å². The van der Waals surface area contributed by atoms with Crippen LogP contribution in [0.4, 0.5) is 5.69 Å². The van der Waals surface area contributed by atoms with E-state index in [1.54, 1.807) is 19.2 Å². The van der Waals surface area contributed by atoms with Crippen molar-refractivity contribution in [2.75, 3.05) is 7.11 Å². The number of ether oxygens (including phenoxy) is 1. The van der Waals surface area contributed by atoms with Crippen molar-refractivity contribution in [2.24, 2.45) is 0 Å². The standard InChI is InChI=1S/C10H10N4O3/c1-7-5-6-13(12-7)10-8(14(15)16)3-4-9(11-10)17-2/h3-6H,1-2H3. The van der Waals surface area contributed by atoms with Crippen LogP contribution < -0.4 is 4.74 Å². The van der Waals surface area contributed by atoms with Gasteiger partial charge in [0, 0.05) is 18.3 Å². The average molecular weight is 234 g/mol. The van der Waals surface area contributed by atoms with Gasteiger partial charge in [-0.05, 0) is 13.0 Å². The highest BCUT2D eigenvalue weighted by molar-refractivity contribution is 5.48. The fourth-order valence-electron chi connectivity index (χ4n) is 1.38. The molecular weight excluding hydrogens is 224 g/mol. The fraction of sp³-hybridized carbons (Fsp3) is 0.200. The molecule has 0 aromatic carbocycles. The predicted octanol–water partition coefficient (Wildman–Crippen LogP) is 1.49. The molecule has 17 heavy (non-hydrogen) atoms. The van der Waals surface area contributed by atoms with E-state index in [1.807, 2.05) is 0 Å². The number of hydrogen-bond donors (Lipinski definition) is 0. The lowest BCUT2D eigenvalue weighted by Crippen LogP contribution is -2.04. The van der Waals surface area contributed by atoms with Crippen molar-refractivity contribution in [3.63, 3.8) is 0 Å². The molecule has 0 fully saturated rings. The summed E-state index contributed by atoms with van der Waals surface area (Å²) in [4.78, 5) is 14.4. The number of nitrogens with zero attached hydrogens (tertiary/aromatic N) is 4. The van der Waals surface area contributed by atoms with Gasteiger partial charge in [0.25, 0.3) is 0 Å². The summed E-state index contributed by atoms with van der Waals surface area (Å²) in [6.45, 7) is 1.79. The molecule has 2 aromatic rings. The van der Waals surface area contributed by atoms with E-state index in [2.05, 4.69) is 10.1 Å². The second-order valence-electron chi connectivity index (χ2n) is 3.36. The van der Waals surface area contributed by atoms with Crippen molar-refractivity contribution in [1.29, 1.82) is 0 Å². The van der Waals surface area contributed by atoms with E-state index >= 15 is 0 Å². The molecule has 0 spiro atoms. The molecule has 7 heteroatoms. The Morgan fingerprint density at radius 1 is 1.41 bits per heavy atom. The highest BCUT2D eigenvalue weighted by Crippen LogP contribution is 2.23. The summed E-state index contributed by atoms with van der Waals surface area (Å²) in [5.41, 5.74) is 0.637. The van der Waals surface area contributed by atoms with E-state index in [1.165, 1.54) is 23.9 Å². The van der Waals surface area contributed by atoms with E-state index in [-0.39, 0.29) is 11.5 Å². The summed E-state index contributed by atoms with van der Waals surface area (Å²) in [6, 6.07) is 4.53. The molecule has 88 valence electrons. The Morgan fingerprint density at radius 2 is 2.18 bits per heavy atom. The topological polar surface area (TPSA) is 83.1 Å². The van der Waals surface area contributed by atoms with Crippen LogP contribution in [-0.2, 0) is 0 Å². The van der Waals surface area contributed by atoms with Crippen molar-refractivity contribution >= 4 is 5.69 Å². The number of aromatic nitrogens is 3. The van der Waals surface area contributed by atoms with Crippen LogP contribution in [0.15, 0.2) is 24.4 Å². The van der Waals surface area contributed by atoms with Crippen molar-refractivity contribution in [3.05, 3.63) is 40.2 Å². The fourth-order valence-corrected chi connectivity index (χ4v) is 1.38. The molecule has 0 aliphatic heterocycles. The second kappa shape index (κ2) is 4.20. The van der Waals surface area contributed by atoms with Gasteiger partial charge in [0.1, 0.15) is 0 Å². The van der Waals surface area contributed by atoms with Crippen LogP contribution in [0.25, 0.3) is 5.82 Å². The van der Waals surface area contributed by atoms with Gasteiger partial charge in [-0.2, -0.15) is 10.1 Å². The summed E-state index contributed by atoms with van der Waals surface area (Å²) in [5.74, 6) is 0.446. The van der Waals surface area contributed by atoms with Gasteiger partial charge in [-0.1, -0.05) is 0 Å². The molecule has 0 atom stereocenters. The average Bonchev–Trinajstić information content (AvgIpc) is 2.75. The highest BCUT2D eigenvalue weighted by Gasteiger charge is 2.18. The first-order chi connectivity index (χ1) is 8.11. The first kappa shape index (κ1) is 11.1. The van der Waals surface area contributed by atoms with Gasteiger partial charge in [-0.3, -0.25) is 10.1 Å². The minimum absolute atomic E-state index is 0.117. The van der Waals surface area contributed by atoms with Crippen molar-refractivity contribution in [1.82, 2.24) is 14.8 Å². The monoisotopic (exact) mass is 234 g/mol. The molecule has 0 aliphatic rings. The zero-order chi connectivity index (χ0) is 12.4. The molecule has 0 saturated carbocycles. The molecule has 0 bridgehead atoms. The molecular formula is C10H10N4O3. The number of pyridine rings is 1. The molecule has 2 heterocycles. The van der Waals surface area contributed by atoms with Crippen LogP contribution in [0, 0.1) is 17.0 Å². The number of hydrogen-bond acceptors (Lipinski definition) is 5. The Kier molecular flexibility index (Phi) is 2.73. The van der Waals surface area contributed by atoms with Crippen LogP contribution in [0.1, 0.15) is 5.69 Å². The first-order valence-corrected chi connectivity index (χ1v) is 4.84. The second-order valence-corrected chi connectivity index (χ2v) is 3.36. The summed E-state index contributed by atoms with van der Waals surface area (Å²) < 4.78 is 6.30. The van der Waals surface area contributed by atoms with Crippen LogP contribution in [0.3, 0.4) is 0 Å². The van der Waals surface area contributed by atoms with E-state index in [9.17, 15) is 10.1 Å². The minimum atomic E-state index is -0.501. The summed E-state index contributed by atoms with van der Waals surface area (Å²) in [6.07, 6.45) is 1.62. The molecule has 0 N–H and O–H groups in total. The highest BCUT2D eigenvalue weighted by atomic mass is 16.6. The minimum Gasteiger partial charge on any atom is -0.481 e. The van der Waals surface area contributed by atoms with Gasteiger partial charge in [-0.15, -0.1) is 0 Å². The van der Waals surface area contributed by atoms with Gasteiger partial charge in [0.15, 0.2) is 0 Å². The Balaban J connectivity index is 2.60. The van der Waals surface area contributed by atoms with Gasteiger partial charge in [-0.25, -0.2) is 4.68 Å². The maximum atomic E-state index is 10.9. The number of aryl methyl sites for hydroxylation is 1. The Bertz CT molecular complexity index is 564. The molecule has 0 radical (unpaired) electrons. The summed E-state index contributed by atoms with van der Waals surface area (Å²) in [7, 11) is 1.45. The van der Waals surface area contributed by atoms with Crippen LogP contribution in [0.2, 0.25) is 0 Å². The molecule has 2 rings (SSSR count). The Morgan fingerprint density at radius 3 is 2.71 bits per heavy atom. The Hall–Kier alpha value is -2.44. The van der Waals surface area contributed by atoms with E-state index in [0.29, 0.717) is 5.88 Å². The third-order valence-electron chi connectivity index (χ3n) is 2.17. The van der Waals surface area contributed by atoms with Gasteiger partial charge >= 0.3 is 5.69 Å². The van der Waals surface area contributed by atoms with Gasteiger partial charge in [0.2, 0.25) is 11.7 Å². The lowest BCUT2D eigenvalue weighted by molar-refractivity contribution is -0.385. The van der Waals surface area contributed by atoms with Gasteiger partial charge in [0.05, 0.1) is 17.7 Å². The smallest absolute Gasteiger partial charge is 0.314 e. The van der Waals surface area contributed by atoms with E-state index in [4.69, 9.17) is 4.74 Å². The third-order valence-corrected chi connectivity index (χ3v) is 2.17. The predicted molar refractivity (Wildman–Crippen MR) is 59.3 cm³/mol. The zero-order valence-electron chi connectivity index (χ0n) is 9.32. The zero-order valence-corrected chi connectivity index (χ0v) is 9.32. The first-order valence-electron chi connectivity index (χ1n) is 4.84. The van der Waals surface area contributed by atoms with Crippen molar-refractivity contribution < 1.29 is 9.66 Å². The number of methoxy groups -OCH3 is 1. The number of rotatable bonds is 3. The molecule has 2 aromatic heterocycles. The normalized spacial score (nSPS) is 10.2. The van der Waals surface area contributed by atoms with Crippen LogP contribution >= 0.6 is 0 Å². The molecule has 0 saturated heterocycles. The number of nitro groups is 1. The van der Waals surface area contributed by atoms with E-state index < -0.39 is 4.92 Å². The Labute approximate surface area is 96.8 Å². The SMILES string of the molecule is COc1ccc([N+](=O)[O-])c(-n2ccc(C)n2)n1. The quantitative estimate of drug-likeness (QED) is 0.593. The lowest BCUT2D eigenvalue weighted by atomic mass is 10.4. The molecule has 0 amide bonds. The largest absolute Gasteiger partial charge is 0.481 e. The molecule has 0 unspecified atom stereocenters. The third kappa shape index (κ3) is 2.07. The molecule has 0 aliphatic carbocycles. The lowest BCUT2D eigenvalue weighted by Gasteiger charge is -2.04. The maximum absolute atomic E-state index is 10.9. The van der Waals surface area contributed by atoms with Crippen molar-refractivity contribution in [3.8, 4) is 11.7 Å². The van der Waals surface area contributed by atoms with E-state index in [0.717, 1.165) is 5.69 Å². The van der Waals surface area contributed by atoms with Crippen LogP contribution in [-0.4, -0.2) is 26.8 Å².